The molecule has 0 aliphatic heterocycles. The van der Waals surface area contributed by atoms with Crippen molar-refractivity contribution in [3.8, 4) is 0 Å². The predicted molar refractivity (Wildman–Crippen MR) is 80.6 cm³/mol. The molecule has 0 spiro atoms. The summed E-state index contributed by atoms with van der Waals surface area (Å²) >= 11 is 0. The van der Waals surface area contributed by atoms with Gasteiger partial charge in [0.05, 0.1) is 6.61 Å². The van der Waals surface area contributed by atoms with Crippen LogP contribution in [0.2, 0.25) is 0 Å². The van der Waals surface area contributed by atoms with Gasteiger partial charge in [0.2, 0.25) is 0 Å². The molecule has 0 N–H and O–H groups in total. The minimum Gasteiger partial charge on any atom is -0.356 e. The second-order valence-corrected chi connectivity index (χ2v) is 8.44. The van der Waals surface area contributed by atoms with E-state index in [9.17, 15) is 4.21 Å². The molecule has 0 bridgehead atoms. The van der Waals surface area contributed by atoms with Crippen LogP contribution in [0.25, 0.3) is 0 Å². The minimum absolute atomic E-state index is 0.200. The third-order valence-electron chi connectivity index (χ3n) is 4.24. The molecule has 0 aromatic carbocycles. The van der Waals surface area contributed by atoms with E-state index < -0.39 is 10.8 Å². The smallest absolute Gasteiger partial charge is 0.154 e. The summed E-state index contributed by atoms with van der Waals surface area (Å²) < 4.78 is 22.6. The number of rotatable bonds is 6. The summed E-state index contributed by atoms with van der Waals surface area (Å²) in [4.78, 5) is 0. The van der Waals surface area contributed by atoms with Crippen LogP contribution >= 0.6 is 0 Å². The molecule has 1 rings (SSSR count). The highest BCUT2D eigenvalue weighted by Gasteiger charge is 2.31. The highest BCUT2D eigenvalue weighted by Crippen LogP contribution is 2.38. The summed E-state index contributed by atoms with van der Waals surface area (Å²) in [5, 5.41) is 0.375. The van der Waals surface area contributed by atoms with E-state index in [1.807, 2.05) is 6.92 Å². The number of methoxy groups -OCH3 is 1. The highest BCUT2D eigenvalue weighted by molar-refractivity contribution is 7.85. The average Bonchev–Trinajstić information content (AvgIpc) is 2.37. The lowest BCUT2D eigenvalue weighted by Gasteiger charge is -2.36. The van der Waals surface area contributed by atoms with Crippen molar-refractivity contribution in [1.29, 1.82) is 0 Å². The molecule has 3 nitrogen and oxygen atoms in total. The topological polar surface area (TPSA) is 35.5 Å². The van der Waals surface area contributed by atoms with Crippen LogP contribution in [0.4, 0.5) is 0 Å². The molecule has 2 unspecified atom stereocenters. The first-order chi connectivity index (χ1) is 8.84. The third kappa shape index (κ3) is 5.92. The molecule has 1 saturated carbocycles. The molecule has 1 aliphatic rings. The Balaban J connectivity index is 2.25. The molecular weight excluding hydrogens is 260 g/mol. The van der Waals surface area contributed by atoms with Crippen LogP contribution in [-0.2, 0) is 20.3 Å². The molecule has 0 amide bonds. The lowest BCUT2D eigenvalue weighted by Crippen LogP contribution is -2.31. The summed E-state index contributed by atoms with van der Waals surface area (Å²) in [5.41, 5.74) is 0.392. The standard InChI is InChI=1S/C15H30O3S/c1-12(17-5)18-10-11-19(16)14-8-6-13(7-9-14)15(2,3)4/h12-14H,6-11H2,1-5H3. The Labute approximate surface area is 120 Å². The SMILES string of the molecule is COC(C)OCCS(=O)C1CCC(C(C)(C)C)CC1. The van der Waals surface area contributed by atoms with Gasteiger partial charge in [-0.1, -0.05) is 20.8 Å². The molecule has 4 heteroatoms. The summed E-state index contributed by atoms with van der Waals surface area (Å²) in [6, 6.07) is 0. The van der Waals surface area contributed by atoms with Crippen molar-refractivity contribution in [3.63, 3.8) is 0 Å². The summed E-state index contributed by atoms with van der Waals surface area (Å²) in [5.74, 6) is 1.42. The Bertz CT molecular complexity index is 278. The second-order valence-electron chi connectivity index (χ2n) is 6.60. The highest BCUT2D eigenvalue weighted by atomic mass is 32.2. The molecule has 1 aliphatic carbocycles. The molecule has 0 aromatic heterocycles. The lowest BCUT2D eigenvalue weighted by atomic mass is 9.72. The Kier molecular flexibility index (Phi) is 6.98. The van der Waals surface area contributed by atoms with Crippen molar-refractivity contribution >= 4 is 10.8 Å². The zero-order chi connectivity index (χ0) is 14.5. The van der Waals surface area contributed by atoms with Gasteiger partial charge in [-0.2, -0.15) is 0 Å². The fourth-order valence-electron chi connectivity index (χ4n) is 2.72. The van der Waals surface area contributed by atoms with E-state index in [1.54, 1.807) is 7.11 Å². The van der Waals surface area contributed by atoms with E-state index in [0.717, 1.165) is 18.8 Å². The van der Waals surface area contributed by atoms with Crippen LogP contribution < -0.4 is 0 Å². The monoisotopic (exact) mass is 290 g/mol. The Morgan fingerprint density at radius 1 is 1.21 bits per heavy atom. The minimum atomic E-state index is -0.747. The summed E-state index contributed by atoms with van der Waals surface area (Å²) in [6.07, 6.45) is 4.45. The van der Waals surface area contributed by atoms with Gasteiger partial charge in [0.25, 0.3) is 0 Å². The normalized spacial score (nSPS) is 28.1. The van der Waals surface area contributed by atoms with Gasteiger partial charge in [-0.15, -0.1) is 0 Å². The van der Waals surface area contributed by atoms with Crippen LogP contribution in [0.5, 0.6) is 0 Å². The van der Waals surface area contributed by atoms with Crippen molar-refractivity contribution < 1.29 is 13.7 Å². The van der Waals surface area contributed by atoms with E-state index in [1.165, 1.54) is 12.8 Å². The van der Waals surface area contributed by atoms with Gasteiger partial charge in [0.1, 0.15) is 0 Å². The van der Waals surface area contributed by atoms with E-state index in [-0.39, 0.29) is 6.29 Å². The van der Waals surface area contributed by atoms with Crippen LogP contribution in [0.3, 0.4) is 0 Å². The van der Waals surface area contributed by atoms with Crippen molar-refractivity contribution in [2.24, 2.45) is 11.3 Å². The summed E-state index contributed by atoms with van der Waals surface area (Å²) in [7, 11) is 0.873. The van der Waals surface area contributed by atoms with Gasteiger partial charge in [0.15, 0.2) is 6.29 Å². The fraction of sp³-hybridized carbons (Fsp3) is 1.00. The fourth-order valence-corrected chi connectivity index (χ4v) is 4.11. The first kappa shape index (κ1) is 17.1. The molecule has 0 heterocycles. The maximum absolute atomic E-state index is 12.2. The van der Waals surface area contributed by atoms with E-state index in [0.29, 0.717) is 23.0 Å². The molecule has 0 aromatic rings. The maximum Gasteiger partial charge on any atom is 0.154 e. The zero-order valence-corrected chi connectivity index (χ0v) is 13.9. The van der Waals surface area contributed by atoms with Crippen LogP contribution in [0.1, 0.15) is 53.4 Å². The Morgan fingerprint density at radius 2 is 1.79 bits per heavy atom. The molecule has 1 fully saturated rings. The van der Waals surface area contributed by atoms with Crippen molar-refractivity contribution in [1.82, 2.24) is 0 Å². The average molecular weight is 290 g/mol. The van der Waals surface area contributed by atoms with Crippen LogP contribution in [-0.4, -0.2) is 35.2 Å². The largest absolute Gasteiger partial charge is 0.356 e. The first-order valence-corrected chi connectivity index (χ1v) is 8.74. The summed E-state index contributed by atoms with van der Waals surface area (Å²) in [6.45, 7) is 9.33. The lowest BCUT2D eigenvalue weighted by molar-refractivity contribution is -0.105. The van der Waals surface area contributed by atoms with Crippen molar-refractivity contribution in [2.45, 2.75) is 64.9 Å². The molecule has 19 heavy (non-hydrogen) atoms. The predicted octanol–water partition coefficient (Wildman–Crippen LogP) is 3.35. The van der Waals surface area contributed by atoms with Crippen molar-refractivity contribution in [2.75, 3.05) is 19.5 Å². The quantitative estimate of drug-likeness (QED) is 0.704. The Hall–Kier alpha value is 0.0700. The van der Waals surface area contributed by atoms with Gasteiger partial charge in [0, 0.05) is 28.9 Å². The molecule has 0 radical (unpaired) electrons. The number of hydrogen-bond acceptors (Lipinski definition) is 3. The van der Waals surface area contributed by atoms with Gasteiger partial charge < -0.3 is 9.47 Å². The van der Waals surface area contributed by atoms with Crippen molar-refractivity contribution in [3.05, 3.63) is 0 Å². The van der Waals surface area contributed by atoms with Crippen LogP contribution in [0, 0.1) is 11.3 Å². The second kappa shape index (κ2) is 7.75. The van der Waals surface area contributed by atoms with Gasteiger partial charge >= 0.3 is 0 Å². The van der Waals surface area contributed by atoms with E-state index >= 15 is 0 Å². The first-order valence-electron chi connectivity index (χ1n) is 7.36. The van der Waals surface area contributed by atoms with Gasteiger partial charge in [-0.25, -0.2) is 0 Å². The third-order valence-corrected chi connectivity index (χ3v) is 6.02. The molecular formula is C15H30O3S. The van der Waals surface area contributed by atoms with E-state index in [4.69, 9.17) is 9.47 Å². The van der Waals surface area contributed by atoms with Gasteiger partial charge in [-0.3, -0.25) is 4.21 Å². The number of hydrogen-bond donors (Lipinski definition) is 0. The van der Waals surface area contributed by atoms with E-state index in [2.05, 4.69) is 20.8 Å². The zero-order valence-electron chi connectivity index (χ0n) is 13.1. The van der Waals surface area contributed by atoms with Gasteiger partial charge in [-0.05, 0) is 43.9 Å². The molecule has 0 saturated heterocycles. The molecule has 2 atom stereocenters. The Morgan fingerprint density at radius 3 is 2.26 bits per heavy atom. The maximum atomic E-state index is 12.2. The number of ether oxygens (including phenoxy) is 2. The molecule has 114 valence electrons. The van der Waals surface area contributed by atoms with Crippen LogP contribution in [0.15, 0.2) is 0 Å².